The predicted octanol–water partition coefficient (Wildman–Crippen LogP) is 3.91. The number of nitrogen functional groups attached to an aromatic ring is 1. The lowest BCUT2D eigenvalue weighted by Gasteiger charge is -2.11. The molecule has 0 spiro atoms. The molecule has 2 aromatic rings. The second kappa shape index (κ2) is 4.64. The van der Waals surface area contributed by atoms with Gasteiger partial charge in [0.1, 0.15) is 11.6 Å². The van der Waals surface area contributed by atoms with Crippen LogP contribution >= 0.6 is 0 Å². The molecule has 4 heteroatoms. The fourth-order valence-electron chi connectivity index (χ4n) is 1.63. The summed E-state index contributed by atoms with van der Waals surface area (Å²) in [4.78, 5) is 0. The van der Waals surface area contributed by atoms with E-state index in [9.17, 15) is 8.78 Å². The normalized spacial score (nSPS) is 10.4. The summed E-state index contributed by atoms with van der Waals surface area (Å²) in [5, 5.41) is 2.98. The predicted molar refractivity (Wildman–Crippen MR) is 70.0 cm³/mol. The molecule has 3 N–H and O–H groups in total. The van der Waals surface area contributed by atoms with E-state index >= 15 is 0 Å². The highest BCUT2D eigenvalue weighted by Crippen LogP contribution is 2.26. The standard InChI is InChI=1S/C14H14F2N2/c1-8-3-4-10(6-11(8)15)18-14-5-9(2)12(16)7-13(14)17/h3-7,18H,17H2,1-2H3. The number of anilines is 3. The third-order valence-corrected chi connectivity index (χ3v) is 2.78. The van der Waals surface area contributed by atoms with Crippen molar-refractivity contribution in [3.05, 3.63) is 53.1 Å². The number of hydrogen-bond donors (Lipinski definition) is 2. The summed E-state index contributed by atoms with van der Waals surface area (Å²) < 4.78 is 26.6. The number of benzene rings is 2. The lowest BCUT2D eigenvalue weighted by Crippen LogP contribution is -1.99. The van der Waals surface area contributed by atoms with Gasteiger partial charge in [-0.1, -0.05) is 6.07 Å². The number of hydrogen-bond acceptors (Lipinski definition) is 2. The van der Waals surface area contributed by atoms with E-state index in [0.717, 1.165) is 0 Å². The second-order valence-electron chi connectivity index (χ2n) is 4.28. The van der Waals surface area contributed by atoms with Crippen molar-refractivity contribution in [1.29, 1.82) is 0 Å². The molecule has 0 aromatic heterocycles. The van der Waals surface area contributed by atoms with Crippen LogP contribution in [0.15, 0.2) is 30.3 Å². The largest absolute Gasteiger partial charge is 0.397 e. The van der Waals surface area contributed by atoms with Gasteiger partial charge in [0.15, 0.2) is 0 Å². The maximum Gasteiger partial charge on any atom is 0.128 e. The van der Waals surface area contributed by atoms with Crippen LogP contribution in [0, 0.1) is 25.5 Å². The molecule has 0 aliphatic carbocycles. The van der Waals surface area contributed by atoms with Crippen LogP contribution in [0.2, 0.25) is 0 Å². The van der Waals surface area contributed by atoms with Crippen molar-refractivity contribution >= 4 is 17.1 Å². The number of nitrogens with one attached hydrogen (secondary N) is 1. The maximum atomic E-state index is 13.4. The van der Waals surface area contributed by atoms with Crippen LogP contribution in [0.1, 0.15) is 11.1 Å². The molecule has 0 radical (unpaired) electrons. The average molecular weight is 248 g/mol. The summed E-state index contributed by atoms with van der Waals surface area (Å²) in [6.07, 6.45) is 0. The highest BCUT2D eigenvalue weighted by molar-refractivity contribution is 5.73. The van der Waals surface area contributed by atoms with Crippen molar-refractivity contribution in [2.75, 3.05) is 11.1 Å². The van der Waals surface area contributed by atoms with E-state index in [1.54, 1.807) is 32.0 Å². The van der Waals surface area contributed by atoms with Crippen LogP contribution in [0.4, 0.5) is 25.8 Å². The summed E-state index contributed by atoms with van der Waals surface area (Å²) in [5.74, 6) is -0.648. The lowest BCUT2D eigenvalue weighted by molar-refractivity contribution is 0.618. The van der Waals surface area contributed by atoms with E-state index in [-0.39, 0.29) is 11.6 Å². The molecular formula is C14H14F2N2. The van der Waals surface area contributed by atoms with Gasteiger partial charge in [-0.2, -0.15) is 0 Å². The molecule has 0 fully saturated rings. The van der Waals surface area contributed by atoms with Crippen molar-refractivity contribution in [2.24, 2.45) is 0 Å². The van der Waals surface area contributed by atoms with Crippen LogP contribution < -0.4 is 11.1 Å². The quantitative estimate of drug-likeness (QED) is 0.791. The van der Waals surface area contributed by atoms with Gasteiger partial charge in [0.25, 0.3) is 0 Å². The third-order valence-electron chi connectivity index (χ3n) is 2.78. The Bertz CT molecular complexity index is 595. The number of nitrogens with two attached hydrogens (primary N) is 1. The van der Waals surface area contributed by atoms with Crippen molar-refractivity contribution in [3.8, 4) is 0 Å². The van der Waals surface area contributed by atoms with E-state index in [1.165, 1.54) is 12.1 Å². The SMILES string of the molecule is Cc1ccc(Nc2cc(C)c(F)cc2N)cc1F. The molecule has 2 rings (SSSR count). The molecule has 0 atom stereocenters. The van der Waals surface area contributed by atoms with Gasteiger partial charge in [-0.05, 0) is 49.2 Å². The minimum absolute atomic E-state index is 0.291. The Morgan fingerprint density at radius 3 is 2.28 bits per heavy atom. The zero-order valence-electron chi connectivity index (χ0n) is 10.2. The Balaban J connectivity index is 2.34. The molecule has 0 aliphatic heterocycles. The molecule has 2 aromatic carbocycles. The van der Waals surface area contributed by atoms with Gasteiger partial charge in [-0.25, -0.2) is 8.78 Å². The Labute approximate surface area is 104 Å². The minimum atomic E-state index is -0.354. The lowest BCUT2D eigenvalue weighted by atomic mass is 10.1. The molecule has 0 unspecified atom stereocenters. The zero-order valence-corrected chi connectivity index (χ0v) is 10.2. The zero-order chi connectivity index (χ0) is 13.3. The fourth-order valence-corrected chi connectivity index (χ4v) is 1.63. The van der Waals surface area contributed by atoms with Gasteiger partial charge in [-0.15, -0.1) is 0 Å². The number of rotatable bonds is 2. The van der Waals surface area contributed by atoms with Gasteiger partial charge in [-0.3, -0.25) is 0 Å². The first-order valence-corrected chi connectivity index (χ1v) is 5.56. The fraction of sp³-hybridized carbons (Fsp3) is 0.143. The van der Waals surface area contributed by atoms with Crippen molar-refractivity contribution in [3.63, 3.8) is 0 Å². The number of halogens is 2. The summed E-state index contributed by atoms with van der Waals surface area (Å²) >= 11 is 0. The summed E-state index contributed by atoms with van der Waals surface area (Å²) in [5.41, 5.74) is 8.21. The van der Waals surface area contributed by atoms with Gasteiger partial charge >= 0.3 is 0 Å². The molecule has 0 heterocycles. The summed E-state index contributed by atoms with van der Waals surface area (Å²) in [7, 11) is 0. The van der Waals surface area contributed by atoms with Crippen molar-refractivity contribution in [1.82, 2.24) is 0 Å². The van der Waals surface area contributed by atoms with Crippen molar-refractivity contribution < 1.29 is 8.78 Å². The Hall–Kier alpha value is -2.10. The Morgan fingerprint density at radius 2 is 1.61 bits per heavy atom. The maximum absolute atomic E-state index is 13.4. The molecule has 94 valence electrons. The van der Waals surface area contributed by atoms with E-state index in [2.05, 4.69) is 5.32 Å². The molecule has 18 heavy (non-hydrogen) atoms. The average Bonchev–Trinajstić information content (AvgIpc) is 2.31. The summed E-state index contributed by atoms with van der Waals surface area (Å²) in [6, 6.07) is 7.65. The third kappa shape index (κ3) is 2.42. The molecule has 0 amide bonds. The van der Waals surface area contributed by atoms with E-state index in [1.807, 2.05) is 0 Å². The van der Waals surface area contributed by atoms with Crippen LogP contribution in [-0.4, -0.2) is 0 Å². The smallest absolute Gasteiger partial charge is 0.128 e. The van der Waals surface area contributed by atoms with Gasteiger partial charge in [0.2, 0.25) is 0 Å². The van der Waals surface area contributed by atoms with Gasteiger partial charge < -0.3 is 11.1 Å². The van der Waals surface area contributed by atoms with Crippen LogP contribution in [0.5, 0.6) is 0 Å². The Morgan fingerprint density at radius 1 is 0.944 bits per heavy atom. The topological polar surface area (TPSA) is 38.0 Å². The molecule has 0 saturated heterocycles. The van der Waals surface area contributed by atoms with Crippen LogP contribution in [0.25, 0.3) is 0 Å². The molecule has 0 bridgehead atoms. The first-order valence-electron chi connectivity index (χ1n) is 5.56. The first kappa shape index (κ1) is 12.4. The Kier molecular flexibility index (Phi) is 3.19. The van der Waals surface area contributed by atoms with Crippen LogP contribution in [-0.2, 0) is 0 Å². The van der Waals surface area contributed by atoms with E-state index in [0.29, 0.717) is 28.2 Å². The van der Waals surface area contributed by atoms with Crippen molar-refractivity contribution in [2.45, 2.75) is 13.8 Å². The van der Waals surface area contributed by atoms with E-state index < -0.39 is 0 Å². The second-order valence-corrected chi connectivity index (χ2v) is 4.28. The van der Waals surface area contributed by atoms with Gasteiger partial charge in [0.05, 0.1) is 11.4 Å². The minimum Gasteiger partial charge on any atom is -0.397 e. The highest BCUT2D eigenvalue weighted by Gasteiger charge is 2.06. The summed E-state index contributed by atoms with van der Waals surface area (Å²) in [6.45, 7) is 3.34. The molecular weight excluding hydrogens is 234 g/mol. The first-order chi connectivity index (χ1) is 8.47. The van der Waals surface area contributed by atoms with Crippen LogP contribution in [0.3, 0.4) is 0 Å². The number of aryl methyl sites for hydroxylation is 2. The monoisotopic (exact) mass is 248 g/mol. The van der Waals surface area contributed by atoms with E-state index in [4.69, 9.17) is 5.73 Å². The molecule has 0 saturated carbocycles. The molecule has 0 aliphatic rings. The van der Waals surface area contributed by atoms with Gasteiger partial charge in [0, 0.05) is 5.69 Å². The molecule has 2 nitrogen and oxygen atoms in total. The highest BCUT2D eigenvalue weighted by atomic mass is 19.1.